The highest BCUT2D eigenvalue weighted by Gasteiger charge is 2.34. The first-order valence-electron chi connectivity index (χ1n) is 6.04. The number of halogens is 2. The first-order valence-corrected chi connectivity index (χ1v) is 8.35. The van der Waals surface area contributed by atoms with Crippen LogP contribution in [-0.4, -0.2) is 23.2 Å². The third-order valence-corrected chi connectivity index (χ3v) is 4.29. The molecule has 0 unspecified atom stereocenters. The molecule has 1 aliphatic rings. The van der Waals surface area contributed by atoms with E-state index in [2.05, 4.69) is 10.2 Å². The van der Waals surface area contributed by atoms with E-state index in [4.69, 9.17) is 10.7 Å². The van der Waals surface area contributed by atoms with E-state index in [0.29, 0.717) is 0 Å². The molecular weight excluding hydrogens is 305 g/mol. The van der Waals surface area contributed by atoms with Gasteiger partial charge in [0.15, 0.2) is 5.82 Å². The third-order valence-electron chi connectivity index (χ3n) is 3.16. The number of aromatic nitrogens is 3. The fraction of sp³-hybridized carbons (Fsp3) is 0.333. The van der Waals surface area contributed by atoms with Gasteiger partial charge in [0.2, 0.25) is 0 Å². The molecule has 0 spiro atoms. The molecule has 0 amide bonds. The zero-order chi connectivity index (χ0) is 14.5. The molecule has 0 atom stereocenters. The SMILES string of the molecule is Cc1ccc(-c2nnc(S(=O)(=O)Cl)n2C2CC2)c(F)c1. The van der Waals surface area contributed by atoms with E-state index in [9.17, 15) is 12.8 Å². The highest BCUT2D eigenvalue weighted by Crippen LogP contribution is 2.40. The van der Waals surface area contributed by atoms with Crippen molar-refractivity contribution in [3.8, 4) is 11.4 Å². The molecule has 5 nitrogen and oxygen atoms in total. The minimum Gasteiger partial charge on any atom is -0.294 e. The molecule has 1 aromatic heterocycles. The Morgan fingerprint density at radius 2 is 2.05 bits per heavy atom. The Bertz CT molecular complexity index is 784. The summed E-state index contributed by atoms with van der Waals surface area (Å²) in [5.74, 6) is -0.262. The molecule has 1 aliphatic carbocycles. The third kappa shape index (κ3) is 2.31. The number of aryl methyl sites for hydroxylation is 1. The Morgan fingerprint density at radius 3 is 2.60 bits per heavy atom. The minimum atomic E-state index is -4.01. The average Bonchev–Trinajstić information content (AvgIpc) is 3.07. The van der Waals surface area contributed by atoms with Gasteiger partial charge in [-0.2, -0.15) is 0 Å². The van der Waals surface area contributed by atoms with Gasteiger partial charge in [-0.05, 0) is 37.5 Å². The summed E-state index contributed by atoms with van der Waals surface area (Å²) >= 11 is 0. The number of nitrogens with zero attached hydrogens (tertiary/aromatic N) is 3. The molecule has 2 aromatic rings. The average molecular weight is 316 g/mol. The predicted molar refractivity (Wildman–Crippen MR) is 71.5 cm³/mol. The van der Waals surface area contributed by atoms with Crippen LogP contribution in [0.1, 0.15) is 24.4 Å². The second-order valence-electron chi connectivity index (χ2n) is 4.83. The maximum absolute atomic E-state index is 14.0. The van der Waals surface area contributed by atoms with E-state index in [1.807, 2.05) is 0 Å². The molecule has 0 saturated heterocycles. The number of benzene rings is 1. The molecule has 106 valence electrons. The van der Waals surface area contributed by atoms with Crippen molar-refractivity contribution in [3.63, 3.8) is 0 Å². The maximum Gasteiger partial charge on any atom is 0.296 e. The van der Waals surface area contributed by atoms with Crippen LogP contribution >= 0.6 is 10.7 Å². The van der Waals surface area contributed by atoms with Crippen LogP contribution in [0.3, 0.4) is 0 Å². The van der Waals surface area contributed by atoms with E-state index < -0.39 is 14.9 Å². The molecule has 1 saturated carbocycles. The maximum atomic E-state index is 14.0. The molecule has 20 heavy (non-hydrogen) atoms. The number of hydrogen-bond donors (Lipinski definition) is 0. The second kappa shape index (κ2) is 4.53. The van der Waals surface area contributed by atoms with Crippen LogP contribution < -0.4 is 0 Å². The van der Waals surface area contributed by atoms with Crippen molar-refractivity contribution in [1.29, 1.82) is 0 Å². The van der Waals surface area contributed by atoms with Crippen molar-refractivity contribution in [2.75, 3.05) is 0 Å². The van der Waals surface area contributed by atoms with Crippen molar-refractivity contribution < 1.29 is 12.8 Å². The van der Waals surface area contributed by atoms with Crippen LogP contribution in [-0.2, 0) is 9.05 Å². The van der Waals surface area contributed by atoms with E-state index in [0.717, 1.165) is 18.4 Å². The lowest BCUT2D eigenvalue weighted by Gasteiger charge is -2.08. The number of hydrogen-bond acceptors (Lipinski definition) is 4. The molecule has 1 heterocycles. The lowest BCUT2D eigenvalue weighted by molar-refractivity contribution is 0.577. The van der Waals surface area contributed by atoms with E-state index in [-0.39, 0.29) is 22.6 Å². The van der Waals surface area contributed by atoms with Crippen LogP contribution in [0.5, 0.6) is 0 Å². The largest absolute Gasteiger partial charge is 0.296 e. The van der Waals surface area contributed by atoms with Gasteiger partial charge in [0.05, 0.1) is 5.56 Å². The fourth-order valence-electron chi connectivity index (χ4n) is 2.09. The van der Waals surface area contributed by atoms with Gasteiger partial charge in [0.1, 0.15) is 5.82 Å². The molecule has 8 heteroatoms. The minimum absolute atomic E-state index is 0.0378. The van der Waals surface area contributed by atoms with Crippen LogP contribution in [0.25, 0.3) is 11.4 Å². The van der Waals surface area contributed by atoms with Crippen LogP contribution in [0.2, 0.25) is 0 Å². The highest BCUT2D eigenvalue weighted by molar-refractivity contribution is 8.13. The summed E-state index contributed by atoms with van der Waals surface area (Å²) in [7, 11) is 1.35. The highest BCUT2D eigenvalue weighted by atomic mass is 35.7. The molecule has 0 aliphatic heterocycles. The Morgan fingerprint density at radius 1 is 1.35 bits per heavy atom. The molecular formula is C12H11ClFN3O2S. The molecule has 0 radical (unpaired) electrons. The summed E-state index contributed by atoms with van der Waals surface area (Å²) in [6, 6.07) is 4.64. The standard InChI is InChI=1S/C12H11ClFN3O2S/c1-7-2-5-9(10(14)6-7)11-15-16-12(20(13,18)19)17(11)8-3-4-8/h2,5-6,8H,3-4H2,1H3. The van der Waals surface area contributed by atoms with Gasteiger partial charge in [-0.1, -0.05) is 6.07 Å². The quantitative estimate of drug-likeness (QED) is 0.817. The molecule has 0 N–H and O–H groups in total. The van der Waals surface area contributed by atoms with Gasteiger partial charge < -0.3 is 0 Å². The smallest absolute Gasteiger partial charge is 0.294 e. The lowest BCUT2D eigenvalue weighted by Crippen LogP contribution is -2.06. The van der Waals surface area contributed by atoms with E-state index >= 15 is 0 Å². The first-order chi connectivity index (χ1) is 9.38. The zero-order valence-corrected chi connectivity index (χ0v) is 12.1. The van der Waals surface area contributed by atoms with Gasteiger partial charge in [-0.15, -0.1) is 10.2 Å². The normalized spacial score (nSPS) is 15.6. The van der Waals surface area contributed by atoms with Crippen molar-refractivity contribution in [1.82, 2.24) is 14.8 Å². The van der Waals surface area contributed by atoms with Gasteiger partial charge in [-0.25, -0.2) is 12.8 Å². The van der Waals surface area contributed by atoms with Crippen LogP contribution in [0.4, 0.5) is 4.39 Å². The van der Waals surface area contributed by atoms with E-state index in [1.54, 1.807) is 19.1 Å². The summed E-state index contributed by atoms with van der Waals surface area (Å²) in [5, 5.41) is 7.11. The van der Waals surface area contributed by atoms with Crippen molar-refractivity contribution >= 4 is 19.7 Å². The first kappa shape index (κ1) is 13.5. The zero-order valence-electron chi connectivity index (χ0n) is 10.5. The van der Waals surface area contributed by atoms with Gasteiger partial charge in [-0.3, -0.25) is 4.57 Å². The van der Waals surface area contributed by atoms with Gasteiger partial charge in [0, 0.05) is 16.7 Å². The molecule has 0 bridgehead atoms. The van der Waals surface area contributed by atoms with Crippen molar-refractivity contribution in [2.45, 2.75) is 31.0 Å². The molecule has 3 rings (SSSR count). The van der Waals surface area contributed by atoms with Crippen molar-refractivity contribution in [2.24, 2.45) is 0 Å². The van der Waals surface area contributed by atoms with Gasteiger partial charge >= 0.3 is 0 Å². The Hall–Kier alpha value is -1.47. The Balaban J connectivity index is 2.22. The summed E-state index contributed by atoms with van der Waals surface area (Å²) in [6.45, 7) is 1.77. The topological polar surface area (TPSA) is 64.8 Å². The monoisotopic (exact) mass is 315 g/mol. The number of rotatable bonds is 3. The van der Waals surface area contributed by atoms with Crippen molar-refractivity contribution in [3.05, 3.63) is 29.6 Å². The second-order valence-corrected chi connectivity index (χ2v) is 7.29. The summed E-state index contributed by atoms with van der Waals surface area (Å²) < 4.78 is 38.5. The summed E-state index contributed by atoms with van der Waals surface area (Å²) in [6.07, 6.45) is 1.61. The van der Waals surface area contributed by atoms with Crippen LogP contribution in [0, 0.1) is 12.7 Å². The van der Waals surface area contributed by atoms with E-state index in [1.165, 1.54) is 10.6 Å². The van der Waals surface area contributed by atoms with Crippen LogP contribution in [0.15, 0.2) is 23.4 Å². The lowest BCUT2D eigenvalue weighted by atomic mass is 10.1. The molecule has 1 aromatic carbocycles. The summed E-state index contributed by atoms with van der Waals surface area (Å²) in [4.78, 5) is 0. The van der Waals surface area contributed by atoms with Gasteiger partial charge in [0.25, 0.3) is 14.2 Å². The summed E-state index contributed by atoms with van der Waals surface area (Å²) in [5.41, 5.74) is 0.996. The fourth-order valence-corrected chi connectivity index (χ4v) is 3.01. The Labute approximate surface area is 119 Å². The predicted octanol–water partition coefficient (Wildman–Crippen LogP) is 2.66. The Kier molecular flexibility index (Phi) is 3.06. The molecule has 1 fully saturated rings.